The minimum Gasteiger partial charge on any atom is -0.497 e. The van der Waals surface area contributed by atoms with Crippen molar-refractivity contribution in [3.05, 3.63) is 47.2 Å². The van der Waals surface area contributed by atoms with E-state index < -0.39 is 0 Å². The largest absolute Gasteiger partial charge is 0.497 e. The minimum atomic E-state index is -0.386. The van der Waals surface area contributed by atoms with Crippen LogP contribution in [0.2, 0.25) is 5.02 Å². The first-order valence-corrected chi connectivity index (χ1v) is 7.01. The zero-order valence-electron chi connectivity index (χ0n) is 10.5. The van der Waals surface area contributed by atoms with E-state index in [1.807, 2.05) is 18.2 Å². The van der Waals surface area contributed by atoms with Gasteiger partial charge in [-0.15, -0.1) is 0 Å². The highest BCUT2D eigenvalue weighted by Crippen LogP contribution is 2.31. The predicted molar refractivity (Wildman–Crippen MR) is 80.9 cm³/mol. The number of anilines is 2. The Morgan fingerprint density at radius 1 is 1.25 bits per heavy atom. The van der Waals surface area contributed by atoms with Gasteiger partial charge >= 0.3 is 0 Å². The van der Waals surface area contributed by atoms with Crippen molar-refractivity contribution < 1.29 is 9.13 Å². The molecule has 0 radical (unpaired) electrons. The first kappa shape index (κ1) is 13.1. The smallest absolute Gasteiger partial charge is 0.188 e. The third-order valence-corrected chi connectivity index (χ3v) is 3.86. The normalized spacial score (nSPS) is 10.8. The molecule has 0 saturated heterocycles. The van der Waals surface area contributed by atoms with Crippen LogP contribution in [0, 0.1) is 5.82 Å². The number of ether oxygens (including phenoxy) is 1. The average molecular weight is 309 g/mol. The molecule has 1 N–H and O–H groups in total. The Hall–Kier alpha value is -1.85. The van der Waals surface area contributed by atoms with E-state index in [0.29, 0.717) is 15.8 Å². The lowest BCUT2D eigenvalue weighted by molar-refractivity contribution is 0.415. The molecule has 6 heteroatoms. The summed E-state index contributed by atoms with van der Waals surface area (Å²) in [7, 11) is 1.62. The molecular formula is C14H10ClFN2OS. The SMILES string of the molecule is COc1ccc2nc(Nc3cc(F)cc(Cl)c3)sc2c1. The van der Waals surface area contributed by atoms with Gasteiger partial charge in [-0.3, -0.25) is 0 Å². The fourth-order valence-electron chi connectivity index (χ4n) is 1.83. The summed E-state index contributed by atoms with van der Waals surface area (Å²) >= 11 is 7.29. The van der Waals surface area contributed by atoms with Gasteiger partial charge in [-0.25, -0.2) is 9.37 Å². The molecular weight excluding hydrogens is 299 g/mol. The van der Waals surface area contributed by atoms with Gasteiger partial charge in [-0.2, -0.15) is 0 Å². The van der Waals surface area contributed by atoms with Crippen molar-refractivity contribution >= 4 is 44.0 Å². The predicted octanol–water partition coefficient (Wildman–Crippen LogP) is 4.84. The van der Waals surface area contributed by atoms with Crippen LogP contribution in [0.25, 0.3) is 10.2 Å². The first-order valence-electron chi connectivity index (χ1n) is 5.82. The number of thiazole rings is 1. The van der Waals surface area contributed by atoms with Crippen molar-refractivity contribution in [2.75, 3.05) is 12.4 Å². The molecule has 1 aromatic heterocycles. The Kier molecular flexibility index (Phi) is 3.46. The molecule has 0 saturated carbocycles. The Balaban J connectivity index is 1.94. The van der Waals surface area contributed by atoms with Gasteiger partial charge in [0.2, 0.25) is 0 Å². The van der Waals surface area contributed by atoms with Gasteiger partial charge in [0.1, 0.15) is 11.6 Å². The lowest BCUT2D eigenvalue weighted by Gasteiger charge is -2.02. The van der Waals surface area contributed by atoms with Crippen LogP contribution in [0.5, 0.6) is 5.75 Å². The number of methoxy groups -OCH3 is 1. The molecule has 1 heterocycles. The molecule has 0 aliphatic heterocycles. The van der Waals surface area contributed by atoms with E-state index in [9.17, 15) is 4.39 Å². The van der Waals surface area contributed by atoms with E-state index in [0.717, 1.165) is 16.0 Å². The molecule has 0 unspecified atom stereocenters. The van der Waals surface area contributed by atoms with Crippen molar-refractivity contribution in [3.63, 3.8) is 0 Å². The summed E-state index contributed by atoms with van der Waals surface area (Å²) in [6, 6.07) is 9.93. The molecule has 3 nitrogen and oxygen atoms in total. The lowest BCUT2D eigenvalue weighted by Crippen LogP contribution is -1.90. The molecule has 3 rings (SSSR count). The van der Waals surface area contributed by atoms with Gasteiger partial charge in [-0.05, 0) is 36.4 Å². The maximum atomic E-state index is 13.3. The maximum Gasteiger partial charge on any atom is 0.188 e. The van der Waals surface area contributed by atoms with Crippen molar-refractivity contribution in [3.8, 4) is 5.75 Å². The van der Waals surface area contributed by atoms with E-state index in [2.05, 4.69) is 10.3 Å². The summed E-state index contributed by atoms with van der Waals surface area (Å²) in [5.41, 5.74) is 1.43. The maximum absolute atomic E-state index is 13.3. The van der Waals surface area contributed by atoms with E-state index in [1.54, 1.807) is 13.2 Å². The number of halogens is 2. The molecule has 0 bridgehead atoms. The Labute approximate surface area is 124 Å². The highest BCUT2D eigenvalue weighted by atomic mass is 35.5. The van der Waals surface area contributed by atoms with E-state index in [-0.39, 0.29) is 5.82 Å². The molecule has 0 fully saturated rings. The number of benzene rings is 2. The zero-order chi connectivity index (χ0) is 14.1. The fourth-order valence-corrected chi connectivity index (χ4v) is 2.97. The molecule has 0 atom stereocenters. The van der Waals surface area contributed by atoms with E-state index >= 15 is 0 Å². The first-order chi connectivity index (χ1) is 9.64. The molecule has 0 spiro atoms. The Morgan fingerprint density at radius 2 is 2.10 bits per heavy atom. The molecule has 0 aliphatic rings. The van der Waals surface area contributed by atoms with Crippen LogP contribution in [-0.4, -0.2) is 12.1 Å². The van der Waals surface area contributed by atoms with Gasteiger partial charge in [0.15, 0.2) is 5.13 Å². The second-order valence-electron chi connectivity index (χ2n) is 4.14. The lowest BCUT2D eigenvalue weighted by atomic mass is 10.3. The zero-order valence-corrected chi connectivity index (χ0v) is 12.1. The van der Waals surface area contributed by atoms with Crippen molar-refractivity contribution in [1.82, 2.24) is 4.98 Å². The van der Waals surface area contributed by atoms with E-state index in [1.165, 1.54) is 23.5 Å². The quantitative estimate of drug-likeness (QED) is 0.751. The third kappa shape index (κ3) is 2.69. The van der Waals surface area contributed by atoms with Crippen LogP contribution >= 0.6 is 22.9 Å². The number of aromatic nitrogens is 1. The molecule has 102 valence electrons. The second-order valence-corrected chi connectivity index (χ2v) is 5.60. The topological polar surface area (TPSA) is 34.1 Å². The molecule has 0 aliphatic carbocycles. The number of hydrogen-bond donors (Lipinski definition) is 1. The number of hydrogen-bond acceptors (Lipinski definition) is 4. The number of fused-ring (bicyclic) bond motifs is 1. The number of nitrogens with one attached hydrogen (secondary N) is 1. The molecule has 2 aromatic carbocycles. The van der Waals surface area contributed by atoms with Gasteiger partial charge in [0.25, 0.3) is 0 Å². The summed E-state index contributed by atoms with van der Waals surface area (Å²) in [6.45, 7) is 0. The molecule has 0 amide bonds. The fraction of sp³-hybridized carbons (Fsp3) is 0.0714. The van der Waals surface area contributed by atoms with Gasteiger partial charge in [0.05, 0.1) is 17.3 Å². The standard InChI is InChI=1S/C14H10ClFN2OS/c1-19-11-2-3-12-13(7-11)20-14(18-12)17-10-5-8(15)4-9(16)6-10/h2-7H,1H3,(H,17,18). The van der Waals surface area contributed by atoms with Crippen LogP contribution in [0.1, 0.15) is 0 Å². The number of rotatable bonds is 3. The highest BCUT2D eigenvalue weighted by molar-refractivity contribution is 7.22. The Bertz CT molecular complexity index is 755. The van der Waals surface area contributed by atoms with Crippen LogP contribution in [0.15, 0.2) is 36.4 Å². The minimum absolute atomic E-state index is 0.343. The summed E-state index contributed by atoms with van der Waals surface area (Å²) in [5, 5.41) is 4.07. The van der Waals surface area contributed by atoms with Crippen molar-refractivity contribution in [2.24, 2.45) is 0 Å². The molecule has 20 heavy (non-hydrogen) atoms. The van der Waals surface area contributed by atoms with Crippen LogP contribution in [0.3, 0.4) is 0 Å². The van der Waals surface area contributed by atoms with Crippen molar-refractivity contribution in [1.29, 1.82) is 0 Å². The highest BCUT2D eigenvalue weighted by Gasteiger charge is 2.06. The second kappa shape index (κ2) is 5.26. The molecule has 3 aromatic rings. The number of nitrogens with zero attached hydrogens (tertiary/aromatic N) is 1. The summed E-state index contributed by atoms with van der Waals surface area (Å²) in [4.78, 5) is 4.43. The van der Waals surface area contributed by atoms with Gasteiger partial charge in [-0.1, -0.05) is 22.9 Å². The monoisotopic (exact) mass is 308 g/mol. The van der Waals surface area contributed by atoms with Crippen LogP contribution in [-0.2, 0) is 0 Å². The van der Waals surface area contributed by atoms with Crippen molar-refractivity contribution in [2.45, 2.75) is 0 Å². The van der Waals surface area contributed by atoms with Crippen LogP contribution in [0.4, 0.5) is 15.2 Å². The van der Waals surface area contributed by atoms with E-state index in [4.69, 9.17) is 16.3 Å². The summed E-state index contributed by atoms with van der Waals surface area (Å²) in [5.74, 6) is 0.393. The average Bonchev–Trinajstić information content (AvgIpc) is 2.78. The van der Waals surface area contributed by atoms with Gasteiger partial charge in [0, 0.05) is 10.7 Å². The summed E-state index contributed by atoms with van der Waals surface area (Å²) in [6.07, 6.45) is 0. The van der Waals surface area contributed by atoms with Crippen LogP contribution < -0.4 is 10.1 Å². The van der Waals surface area contributed by atoms with Gasteiger partial charge < -0.3 is 10.1 Å². The third-order valence-electron chi connectivity index (χ3n) is 2.71. The Morgan fingerprint density at radius 3 is 2.85 bits per heavy atom. The summed E-state index contributed by atoms with van der Waals surface area (Å²) < 4.78 is 19.4.